The van der Waals surface area contributed by atoms with Crippen LogP contribution in [0.25, 0.3) is 0 Å². The fourth-order valence-corrected chi connectivity index (χ4v) is 4.65. The molecule has 0 saturated carbocycles. The van der Waals surface area contributed by atoms with Crippen LogP contribution in [0.4, 0.5) is 11.4 Å². The number of piperidine rings is 1. The van der Waals surface area contributed by atoms with E-state index >= 15 is 0 Å². The van der Waals surface area contributed by atoms with Crippen molar-refractivity contribution in [3.8, 4) is 0 Å². The van der Waals surface area contributed by atoms with Gasteiger partial charge in [0, 0.05) is 19.2 Å². The van der Waals surface area contributed by atoms with Crippen LogP contribution in [0.15, 0.2) is 45.9 Å². The van der Waals surface area contributed by atoms with Gasteiger partial charge in [0.05, 0.1) is 22.1 Å². The molecule has 3 rings (SSSR count). The van der Waals surface area contributed by atoms with Gasteiger partial charge >= 0.3 is 0 Å². The van der Waals surface area contributed by atoms with Gasteiger partial charge in [-0.05, 0) is 49.9 Å². The van der Waals surface area contributed by atoms with Crippen molar-refractivity contribution in [3.63, 3.8) is 0 Å². The second kappa shape index (κ2) is 7.69. The molecule has 2 heterocycles. The van der Waals surface area contributed by atoms with E-state index in [2.05, 4.69) is 12.2 Å². The molecule has 1 aliphatic heterocycles. The summed E-state index contributed by atoms with van der Waals surface area (Å²) in [4.78, 5) is 10.9. The zero-order valence-corrected chi connectivity index (χ0v) is 16.1. The minimum absolute atomic E-state index is 0.0556. The summed E-state index contributed by atoms with van der Waals surface area (Å²) in [6.07, 6.45) is 3.11. The molecule has 1 aliphatic rings. The van der Waals surface area contributed by atoms with Gasteiger partial charge in [-0.25, -0.2) is 8.42 Å². The van der Waals surface area contributed by atoms with Gasteiger partial charge in [0.15, 0.2) is 0 Å². The summed E-state index contributed by atoms with van der Waals surface area (Å²) >= 11 is 0. The molecule has 1 saturated heterocycles. The monoisotopic (exact) mass is 393 g/mol. The van der Waals surface area contributed by atoms with Crippen LogP contribution < -0.4 is 5.32 Å². The van der Waals surface area contributed by atoms with Crippen LogP contribution in [0.2, 0.25) is 0 Å². The predicted molar refractivity (Wildman–Crippen MR) is 101 cm³/mol. The van der Waals surface area contributed by atoms with Crippen LogP contribution in [0.5, 0.6) is 0 Å². The molecule has 0 bridgehead atoms. The van der Waals surface area contributed by atoms with Crippen molar-refractivity contribution in [2.24, 2.45) is 5.92 Å². The van der Waals surface area contributed by atoms with Crippen molar-refractivity contribution in [1.82, 2.24) is 4.31 Å². The number of nitro benzene ring substituents is 1. The standard InChI is InChI=1S/C18H23N3O5S/c1-13-7-9-20(10-8-13)27(24,25)15-5-6-16(17(12-15)21(22)23)19-14(2)18-4-3-11-26-18/h3-6,11-14,19H,7-10H2,1-2H3/t14-/m1/s1. The Bertz CT molecular complexity index is 903. The van der Waals surface area contributed by atoms with Crippen molar-refractivity contribution in [1.29, 1.82) is 0 Å². The Hall–Kier alpha value is -2.39. The first-order valence-electron chi connectivity index (χ1n) is 8.87. The lowest BCUT2D eigenvalue weighted by molar-refractivity contribution is -0.384. The molecule has 2 aromatic rings. The lowest BCUT2D eigenvalue weighted by Gasteiger charge is -2.29. The van der Waals surface area contributed by atoms with Crippen LogP contribution in [0.3, 0.4) is 0 Å². The van der Waals surface area contributed by atoms with E-state index in [1.807, 2.05) is 6.92 Å². The summed E-state index contributed by atoms with van der Waals surface area (Å²) in [5.41, 5.74) is -0.0324. The van der Waals surface area contributed by atoms with Crippen LogP contribution in [0.1, 0.15) is 38.5 Å². The summed E-state index contributed by atoms with van der Waals surface area (Å²) in [6.45, 7) is 4.78. The van der Waals surface area contributed by atoms with Crippen molar-refractivity contribution >= 4 is 21.4 Å². The number of furan rings is 1. The third-order valence-electron chi connectivity index (χ3n) is 4.89. The van der Waals surface area contributed by atoms with Crippen molar-refractivity contribution in [3.05, 3.63) is 52.5 Å². The van der Waals surface area contributed by atoms with E-state index in [-0.39, 0.29) is 22.3 Å². The molecule has 0 unspecified atom stereocenters. The molecule has 1 aromatic carbocycles. The third kappa shape index (κ3) is 4.14. The largest absolute Gasteiger partial charge is 0.467 e. The Balaban J connectivity index is 1.88. The maximum Gasteiger partial charge on any atom is 0.293 e. The summed E-state index contributed by atoms with van der Waals surface area (Å²) in [5.74, 6) is 1.11. The molecule has 0 amide bonds. The van der Waals surface area contributed by atoms with Gasteiger partial charge in [-0.2, -0.15) is 4.31 Å². The Morgan fingerprint density at radius 3 is 2.59 bits per heavy atom. The second-order valence-corrected chi connectivity index (χ2v) is 8.84. The first-order valence-corrected chi connectivity index (χ1v) is 10.3. The zero-order valence-electron chi connectivity index (χ0n) is 15.3. The van der Waals surface area contributed by atoms with Crippen molar-refractivity contribution in [2.45, 2.75) is 37.6 Å². The summed E-state index contributed by atoms with van der Waals surface area (Å²) < 4.78 is 32.4. The van der Waals surface area contributed by atoms with E-state index in [0.29, 0.717) is 24.8 Å². The van der Waals surface area contributed by atoms with Crippen LogP contribution >= 0.6 is 0 Å². The SMILES string of the molecule is CC1CCN(S(=O)(=O)c2ccc(N[C@H](C)c3ccco3)c([N+](=O)[O-])c2)CC1. The topological polar surface area (TPSA) is 106 Å². The zero-order chi connectivity index (χ0) is 19.6. The molecular formula is C18H23N3O5S. The first-order chi connectivity index (χ1) is 12.8. The summed E-state index contributed by atoms with van der Waals surface area (Å²) in [6, 6.07) is 7.18. The fraction of sp³-hybridized carbons (Fsp3) is 0.444. The quantitative estimate of drug-likeness (QED) is 0.591. The van der Waals surface area contributed by atoms with Gasteiger partial charge in [0.2, 0.25) is 10.0 Å². The second-order valence-electron chi connectivity index (χ2n) is 6.90. The average Bonchev–Trinajstić information content (AvgIpc) is 3.17. The Morgan fingerprint density at radius 2 is 2.00 bits per heavy atom. The van der Waals surface area contributed by atoms with E-state index in [1.54, 1.807) is 12.1 Å². The van der Waals surface area contributed by atoms with E-state index < -0.39 is 14.9 Å². The molecule has 1 atom stereocenters. The Morgan fingerprint density at radius 1 is 1.30 bits per heavy atom. The highest BCUT2D eigenvalue weighted by molar-refractivity contribution is 7.89. The average molecular weight is 393 g/mol. The molecule has 1 aromatic heterocycles. The highest BCUT2D eigenvalue weighted by Gasteiger charge is 2.30. The number of benzene rings is 1. The Labute approximate surface area is 158 Å². The molecule has 8 nitrogen and oxygen atoms in total. The van der Waals surface area contributed by atoms with Gasteiger partial charge < -0.3 is 9.73 Å². The molecule has 9 heteroatoms. The highest BCUT2D eigenvalue weighted by atomic mass is 32.2. The normalized spacial score (nSPS) is 17.6. The van der Waals surface area contributed by atoms with Gasteiger partial charge in [0.1, 0.15) is 11.4 Å². The highest BCUT2D eigenvalue weighted by Crippen LogP contribution is 2.32. The first kappa shape index (κ1) is 19.4. The van der Waals surface area contributed by atoms with Gasteiger partial charge in [-0.15, -0.1) is 0 Å². The smallest absolute Gasteiger partial charge is 0.293 e. The van der Waals surface area contributed by atoms with Crippen LogP contribution in [0, 0.1) is 16.0 Å². The number of hydrogen-bond acceptors (Lipinski definition) is 6. The third-order valence-corrected chi connectivity index (χ3v) is 6.78. The summed E-state index contributed by atoms with van der Waals surface area (Å²) in [7, 11) is -3.75. The number of hydrogen-bond donors (Lipinski definition) is 1. The minimum Gasteiger partial charge on any atom is -0.467 e. The molecule has 0 aliphatic carbocycles. The Kier molecular flexibility index (Phi) is 5.52. The number of sulfonamides is 1. The number of nitrogens with one attached hydrogen (secondary N) is 1. The van der Waals surface area contributed by atoms with Crippen LogP contribution in [-0.4, -0.2) is 30.7 Å². The van der Waals surface area contributed by atoms with E-state index in [9.17, 15) is 18.5 Å². The maximum atomic E-state index is 12.9. The maximum absolute atomic E-state index is 12.9. The molecule has 0 spiro atoms. The lowest BCUT2D eigenvalue weighted by atomic mass is 10.0. The van der Waals surface area contributed by atoms with Gasteiger partial charge in [-0.3, -0.25) is 10.1 Å². The molecule has 1 fully saturated rings. The fourth-order valence-electron chi connectivity index (χ4n) is 3.16. The van der Waals surface area contributed by atoms with E-state index in [0.717, 1.165) is 18.9 Å². The molecule has 146 valence electrons. The molecule has 0 radical (unpaired) electrons. The number of nitrogens with zero attached hydrogens (tertiary/aromatic N) is 2. The minimum atomic E-state index is -3.75. The number of anilines is 1. The van der Waals surface area contributed by atoms with Crippen LogP contribution in [-0.2, 0) is 10.0 Å². The predicted octanol–water partition coefficient (Wildman–Crippen LogP) is 3.78. The van der Waals surface area contributed by atoms with Crippen molar-refractivity contribution in [2.75, 3.05) is 18.4 Å². The molecule has 27 heavy (non-hydrogen) atoms. The number of rotatable bonds is 6. The van der Waals surface area contributed by atoms with E-state index in [4.69, 9.17) is 4.42 Å². The molecular weight excluding hydrogens is 370 g/mol. The summed E-state index contributed by atoms with van der Waals surface area (Å²) in [5, 5.41) is 14.5. The van der Waals surface area contributed by atoms with E-state index in [1.165, 1.54) is 22.7 Å². The lowest BCUT2D eigenvalue weighted by Crippen LogP contribution is -2.37. The number of nitro groups is 1. The van der Waals surface area contributed by atoms with Crippen molar-refractivity contribution < 1.29 is 17.8 Å². The van der Waals surface area contributed by atoms with Gasteiger partial charge in [0.25, 0.3) is 5.69 Å². The molecule has 1 N–H and O–H groups in total. The van der Waals surface area contributed by atoms with Gasteiger partial charge in [-0.1, -0.05) is 6.92 Å².